The second-order valence-electron chi connectivity index (χ2n) is 8.13. The summed E-state index contributed by atoms with van der Waals surface area (Å²) in [5.41, 5.74) is 0. The molecule has 2 atom stereocenters. The number of benzene rings is 2. The lowest BCUT2D eigenvalue weighted by Gasteiger charge is -2.43. The van der Waals surface area contributed by atoms with E-state index in [4.69, 9.17) is 13.9 Å². The molecule has 0 heterocycles. The highest BCUT2D eigenvalue weighted by molar-refractivity contribution is 6.99. The zero-order valence-corrected chi connectivity index (χ0v) is 18.6. The zero-order chi connectivity index (χ0) is 20.6. The van der Waals surface area contributed by atoms with Gasteiger partial charge in [0.05, 0.1) is 0 Å². The summed E-state index contributed by atoms with van der Waals surface area (Å²) in [6, 6.07) is 21.0. The Bertz CT molecular complexity index is 673. The highest BCUT2D eigenvalue weighted by Gasteiger charge is 2.50. The molecular weight excluding hydrogens is 368 g/mol. The Morgan fingerprint density at radius 2 is 1.46 bits per heavy atom. The van der Waals surface area contributed by atoms with E-state index in [-0.39, 0.29) is 17.7 Å². The van der Waals surface area contributed by atoms with Crippen LogP contribution in [0.25, 0.3) is 0 Å². The fourth-order valence-electron chi connectivity index (χ4n) is 3.60. The average molecular weight is 401 g/mol. The van der Waals surface area contributed by atoms with Gasteiger partial charge in [-0.25, -0.2) is 0 Å². The van der Waals surface area contributed by atoms with Gasteiger partial charge in [-0.2, -0.15) is 0 Å². The molecule has 28 heavy (non-hydrogen) atoms. The number of hydrogen-bond acceptors (Lipinski definition) is 4. The average Bonchev–Trinajstić information content (AvgIpc) is 2.69. The summed E-state index contributed by atoms with van der Waals surface area (Å²) in [5.74, 6) is -0.0886. The summed E-state index contributed by atoms with van der Waals surface area (Å²) < 4.78 is 17.3. The van der Waals surface area contributed by atoms with Crippen molar-refractivity contribution in [2.75, 3.05) is 20.5 Å². The molecule has 0 aliphatic carbocycles. The number of ether oxygens (including phenoxy) is 2. The Morgan fingerprint density at radius 3 is 1.86 bits per heavy atom. The van der Waals surface area contributed by atoms with Crippen molar-refractivity contribution < 1.29 is 18.7 Å². The van der Waals surface area contributed by atoms with Crippen molar-refractivity contribution in [1.82, 2.24) is 0 Å². The van der Waals surface area contributed by atoms with E-state index in [1.807, 2.05) is 19.1 Å². The summed E-state index contributed by atoms with van der Waals surface area (Å²) in [6.07, 6.45) is 0.274. The van der Waals surface area contributed by atoms with Crippen LogP contribution in [-0.4, -0.2) is 41.2 Å². The first-order valence-electron chi connectivity index (χ1n) is 9.67. The fraction of sp³-hybridized carbons (Fsp3) is 0.435. The highest BCUT2D eigenvalue weighted by atomic mass is 28.4. The maximum Gasteiger partial charge on any atom is 0.261 e. The SMILES string of the molecule is COCO[C@H](C=O)[C@H](C)CO[Si](c1ccccc1)(c1ccccc1)C(C)(C)C. The molecule has 0 aliphatic heterocycles. The molecule has 0 unspecified atom stereocenters. The highest BCUT2D eigenvalue weighted by Crippen LogP contribution is 2.37. The fourth-order valence-corrected chi connectivity index (χ4v) is 8.27. The van der Waals surface area contributed by atoms with Gasteiger partial charge in [-0.1, -0.05) is 88.4 Å². The van der Waals surface area contributed by atoms with Crippen LogP contribution in [0.1, 0.15) is 27.7 Å². The van der Waals surface area contributed by atoms with E-state index in [1.54, 1.807) is 7.11 Å². The Labute approximate surface area is 170 Å². The van der Waals surface area contributed by atoms with Gasteiger partial charge < -0.3 is 18.7 Å². The monoisotopic (exact) mass is 400 g/mol. The van der Waals surface area contributed by atoms with Crippen LogP contribution in [0, 0.1) is 5.92 Å². The van der Waals surface area contributed by atoms with Crippen molar-refractivity contribution in [3.8, 4) is 0 Å². The third-order valence-electron chi connectivity index (χ3n) is 5.05. The maximum absolute atomic E-state index is 11.5. The molecule has 0 saturated carbocycles. The third kappa shape index (κ3) is 4.97. The molecule has 0 aromatic heterocycles. The van der Waals surface area contributed by atoms with Crippen molar-refractivity contribution in [1.29, 1.82) is 0 Å². The third-order valence-corrected chi connectivity index (χ3v) is 10.1. The number of aldehydes is 1. The Kier molecular flexibility index (Phi) is 8.13. The van der Waals surface area contributed by atoms with Crippen LogP contribution < -0.4 is 10.4 Å². The molecule has 2 aromatic rings. The molecule has 0 amide bonds. The Morgan fingerprint density at radius 1 is 0.964 bits per heavy atom. The van der Waals surface area contributed by atoms with Gasteiger partial charge in [0, 0.05) is 19.6 Å². The van der Waals surface area contributed by atoms with Gasteiger partial charge in [0.2, 0.25) is 0 Å². The molecule has 0 radical (unpaired) electrons. The van der Waals surface area contributed by atoms with Gasteiger partial charge in [-0.15, -0.1) is 0 Å². The number of carbonyl (C=O) groups is 1. The number of rotatable bonds is 10. The van der Waals surface area contributed by atoms with Crippen LogP contribution in [-0.2, 0) is 18.7 Å². The molecule has 0 aliphatic rings. The van der Waals surface area contributed by atoms with Crippen LogP contribution in [0.3, 0.4) is 0 Å². The minimum Gasteiger partial charge on any atom is -0.407 e. The number of carbonyl (C=O) groups excluding carboxylic acids is 1. The quantitative estimate of drug-likeness (QED) is 0.348. The van der Waals surface area contributed by atoms with E-state index >= 15 is 0 Å². The van der Waals surface area contributed by atoms with Crippen molar-refractivity contribution >= 4 is 25.0 Å². The van der Waals surface area contributed by atoms with E-state index in [0.29, 0.717) is 6.61 Å². The molecule has 152 valence electrons. The maximum atomic E-state index is 11.5. The van der Waals surface area contributed by atoms with E-state index in [9.17, 15) is 4.79 Å². The topological polar surface area (TPSA) is 44.8 Å². The van der Waals surface area contributed by atoms with E-state index in [0.717, 1.165) is 6.29 Å². The summed E-state index contributed by atoms with van der Waals surface area (Å²) in [5, 5.41) is 2.35. The summed E-state index contributed by atoms with van der Waals surface area (Å²) in [6.45, 7) is 9.22. The lowest BCUT2D eigenvalue weighted by atomic mass is 10.1. The molecule has 4 nitrogen and oxygen atoms in total. The van der Waals surface area contributed by atoms with Gasteiger partial charge in [-0.3, -0.25) is 0 Å². The predicted molar refractivity (Wildman–Crippen MR) is 116 cm³/mol. The Hall–Kier alpha value is -1.79. The standard InChI is InChI=1S/C23H32O4Si/c1-19(22(16-24)26-18-25-5)17-27-28(23(2,3)4,20-12-8-6-9-13-20)21-14-10-7-11-15-21/h6-16,19,22H,17-18H2,1-5H3/t19-,22-/m1/s1. The molecule has 0 spiro atoms. The molecule has 2 rings (SSSR count). The van der Waals surface area contributed by atoms with Gasteiger partial charge in [0.15, 0.2) is 0 Å². The number of hydrogen-bond donors (Lipinski definition) is 0. The van der Waals surface area contributed by atoms with Crippen LogP contribution >= 0.6 is 0 Å². The first-order valence-corrected chi connectivity index (χ1v) is 11.6. The number of methoxy groups -OCH3 is 1. The largest absolute Gasteiger partial charge is 0.407 e. The molecule has 0 saturated heterocycles. The molecule has 2 aromatic carbocycles. The van der Waals surface area contributed by atoms with Crippen molar-refractivity contribution in [2.45, 2.75) is 38.8 Å². The normalized spacial score (nSPS) is 14.5. The van der Waals surface area contributed by atoms with Crippen molar-refractivity contribution in [2.24, 2.45) is 5.92 Å². The van der Waals surface area contributed by atoms with Crippen LogP contribution in [0.5, 0.6) is 0 Å². The lowest BCUT2D eigenvalue weighted by molar-refractivity contribution is -0.134. The van der Waals surface area contributed by atoms with Crippen LogP contribution in [0.4, 0.5) is 0 Å². The van der Waals surface area contributed by atoms with Gasteiger partial charge >= 0.3 is 0 Å². The summed E-state index contributed by atoms with van der Waals surface area (Å²) in [7, 11) is -1.06. The minimum absolute atomic E-state index is 0.0886. The zero-order valence-electron chi connectivity index (χ0n) is 17.6. The van der Waals surface area contributed by atoms with Gasteiger partial charge in [-0.05, 0) is 15.4 Å². The van der Waals surface area contributed by atoms with Gasteiger partial charge in [0.25, 0.3) is 8.32 Å². The first-order chi connectivity index (χ1) is 13.4. The van der Waals surface area contributed by atoms with Crippen molar-refractivity contribution in [3.63, 3.8) is 0 Å². The second kappa shape index (κ2) is 10.1. The molecule has 5 heteroatoms. The Balaban J connectivity index is 2.43. The van der Waals surface area contributed by atoms with Crippen LogP contribution in [0.15, 0.2) is 60.7 Å². The second-order valence-corrected chi connectivity index (χ2v) is 12.4. The van der Waals surface area contributed by atoms with Gasteiger partial charge in [0.1, 0.15) is 19.2 Å². The molecule has 0 bridgehead atoms. The predicted octanol–water partition coefficient (Wildman–Crippen LogP) is 3.39. The smallest absolute Gasteiger partial charge is 0.261 e. The minimum atomic E-state index is -2.60. The van der Waals surface area contributed by atoms with E-state index < -0.39 is 14.4 Å². The van der Waals surface area contributed by atoms with E-state index in [2.05, 4.69) is 69.3 Å². The summed E-state index contributed by atoms with van der Waals surface area (Å²) in [4.78, 5) is 11.5. The molecular formula is C23H32O4Si. The van der Waals surface area contributed by atoms with Crippen LogP contribution in [0.2, 0.25) is 5.04 Å². The first kappa shape index (κ1) is 22.5. The molecule has 0 N–H and O–H groups in total. The van der Waals surface area contributed by atoms with E-state index in [1.165, 1.54) is 10.4 Å². The van der Waals surface area contributed by atoms with Crippen molar-refractivity contribution in [3.05, 3.63) is 60.7 Å². The summed E-state index contributed by atoms with van der Waals surface area (Å²) >= 11 is 0. The lowest BCUT2D eigenvalue weighted by Crippen LogP contribution is -2.67. The molecule has 0 fully saturated rings.